The molecule has 2 atom stereocenters. The van der Waals surface area contributed by atoms with Crippen molar-refractivity contribution in [2.45, 2.75) is 39.2 Å². The van der Waals surface area contributed by atoms with E-state index in [-0.39, 0.29) is 0 Å². The molecular weight excluding hydrogens is 198 g/mol. The Morgan fingerprint density at radius 1 is 1.38 bits per heavy atom. The fourth-order valence-corrected chi connectivity index (χ4v) is 2.70. The van der Waals surface area contributed by atoms with E-state index in [1.165, 1.54) is 39.0 Å². The van der Waals surface area contributed by atoms with Gasteiger partial charge in [-0.2, -0.15) is 0 Å². The minimum Gasteiger partial charge on any atom is -0.330 e. The highest BCUT2D eigenvalue weighted by Crippen LogP contribution is 2.15. The van der Waals surface area contributed by atoms with Crippen LogP contribution in [0.3, 0.4) is 0 Å². The van der Waals surface area contributed by atoms with Gasteiger partial charge in [0.15, 0.2) is 0 Å². The third-order valence-corrected chi connectivity index (χ3v) is 3.70. The number of rotatable bonds is 5. The van der Waals surface area contributed by atoms with E-state index in [4.69, 9.17) is 5.73 Å². The van der Waals surface area contributed by atoms with Crippen LogP contribution in [0.1, 0.15) is 33.1 Å². The summed E-state index contributed by atoms with van der Waals surface area (Å²) in [4.78, 5) is 5.16. The van der Waals surface area contributed by atoms with Crippen LogP contribution < -0.4 is 5.73 Å². The van der Waals surface area contributed by atoms with E-state index in [2.05, 4.69) is 30.7 Å². The first-order valence-corrected chi connectivity index (χ1v) is 6.80. The van der Waals surface area contributed by atoms with Gasteiger partial charge in [-0.1, -0.05) is 13.8 Å². The van der Waals surface area contributed by atoms with Crippen molar-refractivity contribution in [2.24, 2.45) is 11.7 Å². The fourth-order valence-electron chi connectivity index (χ4n) is 2.70. The second kappa shape index (κ2) is 7.25. The standard InChI is InChI=1S/C13H29N3/c1-4-13-11-15(3)8-5-9-16(13)10-12(2)6-7-14/h12-13H,4-11,14H2,1-3H3. The Kier molecular flexibility index (Phi) is 6.32. The second-order valence-corrected chi connectivity index (χ2v) is 5.36. The monoisotopic (exact) mass is 227 g/mol. The van der Waals surface area contributed by atoms with Crippen molar-refractivity contribution in [1.82, 2.24) is 9.80 Å². The molecule has 1 aliphatic rings. The molecule has 1 rings (SSSR count). The number of hydrogen-bond donors (Lipinski definition) is 1. The van der Waals surface area contributed by atoms with Gasteiger partial charge in [-0.3, -0.25) is 4.90 Å². The summed E-state index contributed by atoms with van der Waals surface area (Å²) in [6.45, 7) is 10.4. The van der Waals surface area contributed by atoms with Gasteiger partial charge in [0.1, 0.15) is 0 Å². The first-order valence-electron chi connectivity index (χ1n) is 6.80. The number of nitrogens with two attached hydrogens (primary N) is 1. The molecule has 1 heterocycles. The molecule has 0 saturated carbocycles. The molecule has 0 amide bonds. The lowest BCUT2D eigenvalue weighted by Crippen LogP contribution is -2.42. The van der Waals surface area contributed by atoms with Crippen LogP contribution in [0.4, 0.5) is 0 Å². The molecule has 0 bridgehead atoms. The van der Waals surface area contributed by atoms with Gasteiger partial charge in [0.05, 0.1) is 0 Å². The third kappa shape index (κ3) is 4.40. The average molecular weight is 227 g/mol. The van der Waals surface area contributed by atoms with Gasteiger partial charge in [0, 0.05) is 19.1 Å². The van der Waals surface area contributed by atoms with Gasteiger partial charge in [-0.25, -0.2) is 0 Å². The summed E-state index contributed by atoms with van der Waals surface area (Å²) in [6.07, 6.45) is 3.73. The zero-order valence-corrected chi connectivity index (χ0v) is 11.3. The molecule has 96 valence electrons. The van der Waals surface area contributed by atoms with Crippen LogP contribution in [-0.2, 0) is 0 Å². The molecule has 1 aliphatic heterocycles. The van der Waals surface area contributed by atoms with Crippen molar-refractivity contribution in [1.29, 1.82) is 0 Å². The van der Waals surface area contributed by atoms with Crippen LogP contribution in [0.2, 0.25) is 0 Å². The van der Waals surface area contributed by atoms with E-state index in [9.17, 15) is 0 Å². The first kappa shape index (κ1) is 13.9. The van der Waals surface area contributed by atoms with Gasteiger partial charge in [-0.05, 0) is 51.9 Å². The summed E-state index contributed by atoms with van der Waals surface area (Å²) in [5.41, 5.74) is 5.63. The molecule has 2 unspecified atom stereocenters. The normalized spacial score (nSPS) is 26.6. The quantitative estimate of drug-likeness (QED) is 0.770. The van der Waals surface area contributed by atoms with E-state index in [1.54, 1.807) is 0 Å². The van der Waals surface area contributed by atoms with Crippen LogP contribution in [-0.4, -0.2) is 55.6 Å². The van der Waals surface area contributed by atoms with E-state index in [0.29, 0.717) is 0 Å². The highest BCUT2D eigenvalue weighted by Gasteiger charge is 2.22. The molecule has 2 N–H and O–H groups in total. The van der Waals surface area contributed by atoms with Gasteiger partial charge in [0.2, 0.25) is 0 Å². The Labute approximate surface area is 101 Å². The van der Waals surface area contributed by atoms with Crippen LogP contribution in [0.15, 0.2) is 0 Å². The maximum atomic E-state index is 5.63. The number of hydrogen-bond acceptors (Lipinski definition) is 3. The fraction of sp³-hybridized carbons (Fsp3) is 1.00. The van der Waals surface area contributed by atoms with Crippen LogP contribution in [0.25, 0.3) is 0 Å². The molecule has 0 radical (unpaired) electrons. The first-order chi connectivity index (χ1) is 7.67. The lowest BCUT2D eigenvalue weighted by Gasteiger charge is -2.32. The molecule has 1 saturated heterocycles. The van der Waals surface area contributed by atoms with E-state index in [1.807, 2.05) is 0 Å². The van der Waals surface area contributed by atoms with E-state index < -0.39 is 0 Å². The number of likely N-dealkylation sites (N-methyl/N-ethyl adjacent to an activating group) is 1. The SMILES string of the molecule is CCC1CN(C)CCCN1CC(C)CCN. The molecule has 3 heteroatoms. The summed E-state index contributed by atoms with van der Waals surface area (Å²) in [5, 5.41) is 0. The third-order valence-electron chi connectivity index (χ3n) is 3.70. The highest BCUT2D eigenvalue weighted by molar-refractivity contribution is 4.78. The Morgan fingerprint density at radius 2 is 2.12 bits per heavy atom. The van der Waals surface area contributed by atoms with Crippen molar-refractivity contribution < 1.29 is 0 Å². The van der Waals surface area contributed by atoms with Crippen LogP contribution in [0.5, 0.6) is 0 Å². The van der Waals surface area contributed by atoms with Crippen molar-refractivity contribution in [2.75, 3.05) is 39.8 Å². The molecule has 1 fully saturated rings. The van der Waals surface area contributed by atoms with E-state index in [0.717, 1.165) is 24.9 Å². The molecule has 16 heavy (non-hydrogen) atoms. The van der Waals surface area contributed by atoms with Crippen molar-refractivity contribution in [3.63, 3.8) is 0 Å². The van der Waals surface area contributed by atoms with E-state index >= 15 is 0 Å². The van der Waals surface area contributed by atoms with Crippen LogP contribution in [0, 0.1) is 5.92 Å². The molecule has 0 aromatic carbocycles. The minimum absolute atomic E-state index is 0.738. The van der Waals surface area contributed by atoms with Gasteiger partial charge in [-0.15, -0.1) is 0 Å². The summed E-state index contributed by atoms with van der Waals surface area (Å²) in [7, 11) is 2.25. The Morgan fingerprint density at radius 3 is 2.75 bits per heavy atom. The summed E-state index contributed by atoms with van der Waals surface area (Å²) < 4.78 is 0. The van der Waals surface area contributed by atoms with Crippen molar-refractivity contribution in [3.8, 4) is 0 Å². The molecule has 0 spiro atoms. The lowest BCUT2D eigenvalue weighted by molar-refractivity contribution is 0.160. The highest BCUT2D eigenvalue weighted by atomic mass is 15.2. The molecular formula is C13H29N3. The average Bonchev–Trinajstić information content (AvgIpc) is 2.41. The molecule has 0 aliphatic carbocycles. The minimum atomic E-state index is 0.738. The predicted octanol–water partition coefficient (Wildman–Crippen LogP) is 1.39. The zero-order valence-electron chi connectivity index (χ0n) is 11.3. The van der Waals surface area contributed by atoms with Crippen LogP contribution >= 0.6 is 0 Å². The predicted molar refractivity (Wildman–Crippen MR) is 70.6 cm³/mol. The van der Waals surface area contributed by atoms with Gasteiger partial charge >= 0.3 is 0 Å². The number of nitrogens with zero attached hydrogens (tertiary/aromatic N) is 2. The Balaban J connectivity index is 2.47. The van der Waals surface area contributed by atoms with Crippen molar-refractivity contribution >= 4 is 0 Å². The Hall–Kier alpha value is -0.120. The zero-order chi connectivity index (χ0) is 12.0. The summed E-state index contributed by atoms with van der Waals surface area (Å²) >= 11 is 0. The largest absolute Gasteiger partial charge is 0.330 e. The molecule has 0 aromatic heterocycles. The van der Waals surface area contributed by atoms with Gasteiger partial charge < -0.3 is 10.6 Å². The molecule has 3 nitrogen and oxygen atoms in total. The maximum Gasteiger partial charge on any atom is 0.0220 e. The molecule has 0 aromatic rings. The maximum absolute atomic E-state index is 5.63. The summed E-state index contributed by atoms with van der Waals surface area (Å²) in [5.74, 6) is 0.738. The topological polar surface area (TPSA) is 32.5 Å². The van der Waals surface area contributed by atoms with Crippen molar-refractivity contribution in [3.05, 3.63) is 0 Å². The second-order valence-electron chi connectivity index (χ2n) is 5.36. The Bertz CT molecular complexity index is 184. The smallest absolute Gasteiger partial charge is 0.0220 e. The lowest BCUT2D eigenvalue weighted by atomic mass is 10.1. The van der Waals surface area contributed by atoms with Gasteiger partial charge in [0.25, 0.3) is 0 Å². The summed E-state index contributed by atoms with van der Waals surface area (Å²) in [6, 6.07) is 0.743.